The number of halogens is 1. The molecular formula is C14H22ClNO2S. The number of hydrogen-bond donors (Lipinski definition) is 0. The Kier molecular flexibility index (Phi) is 6.30. The van der Waals surface area contributed by atoms with Gasteiger partial charge in [-0.1, -0.05) is 38.1 Å². The van der Waals surface area contributed by atoms with Gasteiger partial charge in [-0.3, -0.25) is 0 Å². The van der Waals surface area contributed by atoms with Crippen molar-refractivity contribution in [1.82, 2.24) is 4.31 Å². The number of alkyl halides is 1. The standard InChI is InChI=1S/C14H22ClNO2S/c1-4-12(3)16(5-2)19(17,18)11-14-8-6-7-13(9-14)10-15/h6-9,12H,4-5,10-11H2,1-3H3. The third-order valence-corrected chi connectivity index (χ3v) is 5.59. The Hall–Kier alpha value is -0.580. The van der Waals surface area contributed by atoms with Crippen LogP contribution in [0.2, 0.25) is 0 Å². The van der Waals surface area contributed by atoms with E-state index in [1.165, 1.54) is 0 Å². The van der Waals surface area contributed by atoms with Crippen molar-refractivity contribution in [3.63, 3.8) is 0 Å². The lowest BCUT2D eigenvalue weighted by atomic mass is 10.2. The Labute approximate surface area is 121 Å². The first kappa shape index (κ1) is 16.5. The lowest BCUT2D eigenvalue weighted by Gasteiger charge is -2.26. The summed E-state index contributed by atoms with van der Waals surface area (Å²) in [7, 11) is -3.27. The first-order chi connectivity index (χ1) is 8.94. The monoisotopic (exact) mass is 303 g/mol. The van der Waals surface area contributed by atoms with Crippen LogP contribution in [0.25, 0.3) is 0 Å². The van der Waals surface area contributed by atoms with Crippen LogP contribution in [0.15, 0.2) is 24.3 Å². The molecule has 0 heterocycles. The summed E-state index contributed by atoms with van der Waals surface area (Å²) in [5.74, 6) is 0.437. The topological polar surface area (TPSA) is 37.4 Å². The number of hydrogen-bond acceptors (Lipinski definition) is 2. The predicted molar refractivity (Wildman–Crippen MR) is 80.8 cm³/mol. The Bertz CT molecular complexity index is 502. The summed E-state index contributed by atoms with van der Waals surface area (Å²) in [5.41, 5.74) is 1.74. The van der Waals surface area contributed by atoms with Gasteiger partial charge in [0.1, 0.15) is 0 Å². The summed E-state index contributed by atoms with van der Waals surface area (Å²) in [5, 5.41) is 0. The smallest absolute Gasteiger partial charge is 0.212 e. The molecule has 0 aliphatic carbocycles. The van der Waals surface area contributed by atoms with Crippen molar-refractivity contribution in [2.24, 2.45) is 0 Å². The molecule has 0 saturated heterocycles. The van der Waals surface area contributed by atoms with E-state index in [-0.39, 0.29) is 11.8 Å². The zero-order chi connectivity index (χ0) is 14.5. The second kappa shape index (κ2) is 7.27. The molecule has 19 heavy (non-hydrogen) atoms. The molecule has 1 aromatic carbocycles. The predicted octanol–water partition coefficient (Wildman–Crippen LogP) is 3.38. The lowest BCUT2D eigenvalue weighted by molar-refractivity contribution is 0.342. The molecule has 0 aliphatic heterocycles. The van der Waals surface area contributed by atoms with Crippen molar-refractivity contribution < 1.29 is 8.42 Å². The minimum absolute atomic E-state index is 0.0335. The maximum atomic E-state index is 12.4. The Morgan fingerprint density at radius 3 is 2.42 bits per heavy atom. The Morgan fingerprint density at radius 2 is 1.89 bits per heavy atom. The molecule has 1 aromatic rings. The number of sulfonamides is 1. The lowest BCUT2D eigenvalue weighted by Crippen LogP contribution is -2.38. The average Bonchev–Trinajstić information content (AvgIpc) is 2.38. The van der Waals surface area contributed by atoms with Gasteiger partial charge >= 0.3 is 0 Å². The zero-order valence-electron chi connectivity index (χ0n) is 11.8. The van der Waals surface area contributed by atoms with Crippen molar-refractivity contribution in [2.45, 2.75) is 44.9 Å². The molecule has 108 valence electrons. The van der Waals surface area contributed by atoms with Gasteiger partial charge in [-0.15, -0.1) is 11.6 Å². The number of nitrogens with zero attached hydrogens (tertiary/aromatic N) is 1. The van der Waals surface area contributed by atoms with E-state index in [1.54, 1.807) is 4.31 Å². The van der Waals surface area contributed by atoms with Crippen LogP contribution < -0.4 is 0 Å². The average molecular weight is 304 g/mol. The van der Waals surface area contributed by atoms with Crippen molar-refractivity contribution in [1.29, 1.82) is 0 Å². The van der Waals surface area contributed by atoms with Gasteiger partial charge in [0, 0.05) is 18.5 Å². The van der Waals surface area contributed by atoms with E-state index < -0.39 is 10.0 Å². The van der Waals surface area contributed by atoms with E-state index in [1.807, 2.05) is 45.0 Å². The van der Waals surface area contributed by atoms with E-state index in [9.17, 15) is 8.42 Å². The summed E-state index contributed by atoms with van der Waals surface area (Å²) in [6, 6.07) is 7.47. The molecule has 0 N–H and O–H groups in total. The minimum Gasteiger partial charge on any atom is -0.212 e. The maximum Gasteiger partial charge on any atom is 0.218 e. The molecular weight excluding hydrogens is 282 g/mol. The molecule has 1 rings (SSSR count). The van der Waals surface area contributed by atoms with Crippen LogP contribution in [-0.4, -0.2) is 25.3 Å². The van der Waals surface area contributed by atoms with E-state index in [0.29, 0.717) is 12.4 Å². The normalized spacial score (nSPS) is 13.7. The van der Waals surface area contributed by atoms with Crippen molar-refractivity contribution in [3.8, 4) is 0 Å². The molecule has 5 heteroatoms. The third kappa shape index (κ3) is 4.48. The molecule has 1 atom stereocenters. The van der Waals surface area contributed by atoms with Gasteiger partial charge < -0.3 is 0 Å². The first-order valence-corrected chi connectivity index (χ1v) is 8.72. The molecule has 0 spiro atoms. The SMILES string of the molecule is CCC(C)N(CC)S(=O)(=O)Cc1cccc(CCl)c1. The summed E-state index contributed by atoms with van der Waals surface area (Å²) >= 11 is 5.77. The first-order valence-electron chi connectivity index (χ1n) is 6.57. The van der Waals surface area contributed by atoms with Gasteiger partial charge in [0.05, 0.1) is 5.75 Å². The van der Waals surface area contributed by atoms with Gasteiger partial charge in [0.25, 0.3) is 0 Å². The largest absolute Gasteiger partial charge is 0.218 e. The summed E-state index contributed by atoms with van der Waals surface area (Å²) in [6.07, 6.45) is 0.814. The zero-order valence-corrected chi connectivity index (χ0v) is 13.3. The van der Waals surface area contributed by atoms with Crippen LogP contribution in [0.5, 0.6) is 0 Å². The molecule has 0 amide bonds. The summed E-state index contributed by atoms with van der Waals surface area (Å²) in [4.78, 5) is 0. The highest BCUT2D eigenvalue weighted by Crippen LogP contribution is 2.17. The summed E-state index contributed by atoms with van der Waals surface area (Å²) < 4.78 is 26.4. The van der Waals surface area contributed by atoms with Crippen LogP contribution >= 0.6 is 11.6 Å². The van der Waals surface area contributed by atoms with Crippen LogP contribution in [-0.2, 0) is 21.7 Å². The molecule has 3 nitrogen and oxygen atoms in total. The highest BCUT2D eigenvalue weighted by Gasteiger charge is 2.24. The van der Waals surface area contributed by atoms with Crippen LogP contribution in [0.4, 0.5) is 0 Å². The fraction of sp³-hybridized carbons (Fsp3) is 0.571. The molecule has 0 bridgehead atoms. The van der Waals surface area contributed by atoms with Gasteiger partial charge in [-0.05, 0) is 24.5 Å². The van der Waals surface area contributed by atoms with Crippen LogP contribution in [0.3, 0.4) is 0 Å². The molecule has 0 fully saturated rings. The molecule has 0 radical (unpaired) electrons. The van der Waals surface area contributed by atoms with Crippen molar-refractivity contribution in [2.75, 3.05) is 6.54 Å². The van der Waals surface area contributed by atoms with Crippen LogP contribution in [0, 0.1) is 0 Å². The van der Waals surface area contributed by atoms with Crippen molar-refractivity contribution in [3.05, 3.63) is 35.4 Å². The third-order valence-electron chi connectivity index (χ3n) is 3.25. The van der Waals surface area contributed by atoms with Gasteiger partial charge in [0.15, 0.2) is 0 Å². The minimum atomic E-state index is -3.27. The van der Waals surface area contributed by atoms with E-state index >= 15 is 0 Å². The summed E-state index contributed by atoms with van der Waals surface area (Å²) in [6.45, 7) is 6.32. The second-order valence-corrected chi connectivity index (χ2v) is 6.86. The fourth-order valence-corrected chi connectivity index (χ4v) is 4.11. The molecule has 0 saturated carbocycles. The van der Waals surface area contributed by atoms with Crippen LogP contribution in [0.1, 0.15) is 38.3 Å². The number of rotatable bonds is 7. The van der Waals surface area contributed by atoms with E-state index in [2.05, 4.69) is 0 Å². The quantitative estimate of drug-likeness (QED) is 0.724. The van der Waals surface area contributed by atoms with Gasteiger partial charge in [-0.2, -0.15) is 4.31 Å². The maximum absolute atomic E-state index is 12.4. The van der Waals surface area contributed by atoms with E-state index in [4.69, 9.17) is 11.6 Å². The fourth-order valence-electron chi connectivity index (χ4n) is 2.08. The molecule has 0 aromatic heterocycles. The number of benzene rings is 1. The highest BCUT2D eigenvalue weighted by atomic mass is 35.5. The van der Waals surface area contributed by atoms with Gasteiger partial charge in [0.2, 0.25) is 10.0 Å². The van der Waals surface area contributed by atoms with Gasteiger partial charge in [-0.25, -0.2) is 8.42 Å². The Balaban J connectivity index is 2.94. The molecule has 1 unspecified atom stereocenters. The Morgan fingerprint density at radius 1 is 1.26 bits per heavy atom. The molecule has 0 aliphatic rings. The highest BCUT2D eigenvalue weighted by molar-refractivity contribution is 7.88. The van der Waals surface area contributed by atoms with Crippen molar-refractivity contribution >= 4 is 21.6 Å². The second-order valence-electron chi connectivity index (χ2n) is 4.67. The van der Waals surface area contributed by atoms with E-state index in [0.717, 1.165) is 17.5 Å².